The Balaban J connectivity index is 0.00000161. The van der Waals surface area contributed by atoms with E-state index in [-0.39, 0.29) is 24.0 Å². The maximum atomic E-state index is 5.98. The number of guanidine groups is 1. The number of ether oxygens (including phenoxy) is 1. The van der Waals surface area contributed by atoms with E-state index in [1.165, 1.54) is 25.7 Å². The molecule has 1 heterocycles. The van der Waals surface area contributed by atoms with Crippen LogP contribution in [0.4, 0.5) is 0 Å². The van der Waals surface area contributed by atoms with E-state index < -0.39 is 0 Å². The Morgan fingerprint density at radius 3 is 2.86 bits per heavy atom. The molecule has 1 saturated heterocycles. The van der Waals surface area contributed by atoms with Crippen LogP contribution in [-0.4, -0.2) is 49.8 Å². The Labute approximate surface area is 149 Å². The highest BCUT2D eigenvalue weighted by molar-refractivity contribution is 14.0. The van der Waals surface area contributed by atoms with Crippen LogP contribution in [0.3, 0.4) is 0 Å². The summed E-state index contributed by atoms with van der Waals surface area (Å²) in [6.07, 6.45) is 7.90. The van der Waals surface area contributed by atoms with E-state index in [2.05, 4.69) is 23.8 Å². The summed E-state index contributed by atoms with van der Waals surface area (Å²) in [4.78, 5) is 4.70. The van der Waals surface area contributed by atoms with Crippen LogP contribution in [0.2, 0.25) is 0 Å². The second-order valence-electron chi connectivity index (χ2n) is 6.21. The van der Waals surface area contributed by atoms with Crippen molar-refractivity contribution in [2.24, 2.45) is 16.3 Å². The van der Waals surface area contributed by atoms with Crippen molar-refractivity contribution >= 4 is 41.7 Å². The van der Waals surface area contributed by atoms with Crippen LogP contribution in [0.1, 0.15) is 32.6 Å². The molecular formula is C15H28IN3OS. The number of nitrogens with one attached hydrogen (secondary N) is 2. The second-order valence-corrected chi connectivity index (χ2v) is 7.19. The van der Waals surface area contributed by atoms with Crippen LogP contribution in [0, 0.1) is 11.3 Å². The summed E-state index contributed by atoms with van der Waals surface area (Å²) >= 11 is 1.85. The Morgan fingerprint density at radius 2 is 2.24 bits per heavy atom. The van der Waals surface area contributed by atoms with Crippen LogP contribution in [0.25, 0.3) is 0 Å². The van der Waals surface area contributed by atoms with Crippen LogP contribution < -0.4 is 10.6 Å². The van der Waals surface area contributed by atoms with Crippen LogP contribution >= 0.6 is 35.7 Å². The number of halogens is 1. The highest BCUT2D eigenvalue weighted by atomic mass is 127. The van der Waals surface area contributed by atoms with Crippen LogP contribution in [-0.2, 0) is 4.74 Å². The lowest BCUT2D eigenvalue weighted by molar-refractivity contribution is -0.171. The molecule has 0 bridgehead atoms. The summed E-state index contributed by atoms with van der Waals surface area (Å²) in [6.45, 7) is 4.90. The first-order valence-corrected chi connectivity index (χ1v) is 9.36. The number of fused-ring (bicyclic) bond motifs is 2. The predicted octanol–water partition coefficient (Wildman–Crippen LogP) is 2.48. The first-order valence-electron chi connectivity index (χ1n) is 7.97. The molecule has 0 aromatic rings. The van der Waals surface area contributed by atoms with Gasteiger partial charge in [-0.15, -0.1) is 24.0 Å². The van der Waals surface area contributed by atoms with Gasteiger partial charge in [-0.05, 0) is 32.4 Å². The van der Waals surface area contributed by atoms with Crippen LogP contribution in [0.15, 0.2) is 4.99 Å². The summed E-state index contributed by atoms with van der Waals surface area (Å²) < 4.78 is 5.98. The van der Waals surface area contributed by atoms with Gasteiger partial charge in [0.1, 0.15) is 0 Å². The monoisotopic (exact) mass is 425 g/mol. The van der Waals surface area contributed by atoms with E-state index in [1.54, 1.807) is 0 Å². The molecule has 3 unspecified atom stereocenters. The van der Waals surface area contributed by atoms with Crippen LogP contribution in [0.5, 0.6) is 0 Å². The number of aliphatic imine (C=N–C) groups is 1. The molecule has 4 nitrogen and oxygen atoms in total. The molecule has 1 spiro atoms. The number of rotatable bonds is 5. The Morgan fingerprint density at radius 1 is 1.43 bits per heavy atom. The number of hydrogen-bond acceptors (Lipinski definition) is 3. The summed E-state index contributed by atoms with van der Waals surface area (Å²) in [7, 11) is 0. The molecule has 2 N–H and O–H groups in total. The maximum Gasteiger partial charge on any atom is 0.191 e. The van der Waals surface area contributed by atoms with Gasteiger partial charge < -0.3 is 15.4 Å². The molecule has 3 fully saturated rings. The van der Waals surface area contributed by atoms with Crippen molar-refractivity contribution in [2.45, 2.75) is 44.8 Å². The van der Waals surface area contributed by atoms with Gasteiger partial charge in [-0.2, -0.15) is 11.8 Å². The van der Waals surface area contributed by atoms with Crippen molar-refractivity contribution < 1.29 is 4.74 Å². The first kappa shape index (κ1) is 17.7. The zero-order valence-corrected chi connectivity index (χ0v) is 16.2. The van der Waals surface area contributed by atoms with Gasteiger partial charge in [-0.1, -0.05) is 6.42 Å². The molecule has 3 rings (SSSR count). The van der Waals surface area contributed by atoms with Gasteiger partial charge in [-0.25, -0.2) is 0 Å². The SMILES string of the molecule is CCNC(=NCCSC)NC1C2CCOC2C12CCC2.I. The van der Waals surface area contributed by atoms with Crippen molar-refractivity contribution in [1.29, 1.82) is 0 Å². The smallest absolute Gasteiger partial charge is 0.191 e. The molecule has 0 radical (unpaired) electrons. The van der Waals surface area contributed by atoms with Gasteiger partial charge in [0, 0.05) is 36.3 Å². The molecular weight excluding hydrogens is 397 g/mol. The van der Waals surface area contributed by atoms with E-state index in [0.717, 1.165) is 31.4 Å². The Kier molecular flexibility index (Phi) is 6.50. The summed E-state index contributed by atoms with van der Waals surface area (Å²) in [5.74, 6) is 2.80. The Hall–Kier alpha value is 0.310. The standard InChI is InChI=1S/C15H27N3OS.HI/c1-3-16-14(17-8-10-20-2)18-12-11-5-9-19-13(11)15(12)6-4-7-15;/h11-13H,3-10H2,1-2H3,(H2,16,17,18);1H. The van der Waals surface area contributed by atoms with E-state index in [0.29, 0.717) is 23.5 Å². The highest BCUT2D eigenvalue weighted by Crippen LogP contribution is 2.62. The van der Waals surface area contributed by atoms with Gasteiger partial charge in [0.05, 0.1) is 12.6 Å². The van der Waals surface area contributed by atoms with E-state index >= 15 is 0 Å². The summed E-state index contributed by atoms with van der Waals surface area (Å²) in [5, 5.41) is 7.12. The third-order valence-corrected chi connectivity index (χ3v) is 5.83. The largest absolute Gasteiger partial charge is 0.377 e. The molecule has 6 heteroatoms. The molecule has 21 heavy (non-hydrogen) atoms. The van der Waals surface area contributed by atoms with Crippen molar-refractivity contribution in [3.05, 3.63) is 0 Å². The average Bonchev–Trinajstić information content (AvgIpc) is 2.79. The molecule has 0 aromatic carbocycles. The maximum absolute atomic E-state index is 5.98. The number of nitrogens with zero attached hydrogens (tertiary/aromatic N) is 1. The van der Waals surface area contributed by atoms with Gasteiger partial charge in [0.15, 0.2) is 5.96 Å². The minimum absolute atomic E-state index is 0. The summed E-state index contributed by atoms with van der Waals surface area (Å²) in [5.41, 5.74) is 0.427. The van der Waals surface area contributed by atoms with Gasteiger partial charge in [0.25, 0.3) is 0 Å². The molecule has 0 amide bonds. The fourth-order valence-corrected chi connectivity index (χ4v) is 4.45. The predicted molar refractivity (Wildman–Crippen MR) is 101 cm³/mol. The topological polar surface area (TPSA) is 45.7 Å². The molecule has 122 valence electrons. The number of hydrogen-bond donors (Lipinski definition) is 2. The third kappa shape index (κ3) is 3.17. The molecule has 2 saturated carbocycles. The Bertz CT molecular complexity index is 376. The zero-order valence-electron chi connectivity index (χ0n) is 13.1. The fourth-order valence-electron chi connectivity index (χ4n) is 4.17. The molecule has 2 aliphatic carbocycles. The average molecular weight is 425 g/mol. The minimum Gasteiger partial charge on any atom is -0.377 e. The molecule has 3 aliphatic rings. The lowest BCUT2D eigenvalue weighted by atomic mass is 9.46. The third-order valence-electron chi connectivity index (χ3n) is 5.24. The quantitative estimate of drug-likeness (QED) is 0.308. The van der Waals surface area contributed by atoms with E-state index in [1.807, 2.05) is 11.8 Å². The lowest BCUT2D eigenvalue weighted by Gasteiger charge is -2.63. The molecule has 1 aliphatic heterocycles. The second kappa shape index (κ2) is 7.73. The summed E-state index contributed by atoms with van der Waals surface area (Å²) in [6, 6.07) is 0.579. The molecule has 3 atom stereocenters. The van der Waals surface area contributed by atoms with Crippen molar-refractivity contribution in [3.8, 4) is 0 Å². The highest BCUT2D eigenvalue weighted by Gasteiger charge is 2.66. The van der Waals surface area contributed by atoms with E-state index in [9.17, 15) is 0 Å². The van der Waals surface area contributed by atoms with Crippen molar-refractivity contribution in [3.63, 3.8) is 0 Å². The van der Waals surface area contributed by atoms with Gasteiger partial charge in [-0.3, -0.25) is 4.99 Å². The number of thioether (sulfide) groups is 1. The van der Waals surface area contributed by atoms with Gasteiger partial charge >= 0.3 is 0 Å². The van der Waals surface area contributed by atoms with Crippen molar-refractivity contribution in [1.82, 2.24) is 10.6 Å². The zero-order chi connectivity index (χ0) is 14.0. The van der Waals surface area contributed by atoms with E-state index in [4.69, 9.17) is 9.73 Å². The first-order chi connectivity index (χ1) is 9.81. The fraction of sp³-hybridized carbons (Fsp3) is 0.933. The lowest BCUT2D eigenvalue weighted by Crippen LogP contribution is -2.72. The minimum atomic E-state index is 0. The van der Waals surface area contributed by atoms with Crippen molar-refractivity contribution in [2.75, 3.05) is 31.7 Å². The van der Waals surface area contributed by atoms with Gasteiger partial charge in [0.2, 0.25) is 0 Å². The normalized spacial score (nSPS) is 32.7. The molecule has 0 aromatic heterocycles.